The highest BCUT2D eigenvalue weighted by Gasteiger charge is 2.40. The van der Waals surface area contributed by atoms with Gasteiger partial charge in [-0.2, -0.15) is 13.2 Å². The van der Waals surface area contributed by atoms with Gasteiger partial charge < -0.3 is 0 Å². The average molecular weight is 183 g/mol. The van der Waals surface area contributed by atoms with Gasteiger partial charge >= 0.3 is 6.18 Å². The Bertz CT molecular complexity index is 129. The zero-order valence-corrected chi connectivity index (χ0v) is 7.94. The normalized spacial score (nSPS) is 15.8. The van der Waals surface area contributed by atoms with Crippen LogP contribution in [0.15, 0.2) is 0 Å². The molecule has 0 aromatic heterocycles. The summed E-state index contributed by atoms with van der Waals surface area (Å²) >= 11 is 0. The molecule has 12 heavy (non-hydrogen) atoms. The number of rotatable bonds is 3. The first-order chi connectivity index (χ1) is 5.25. The summed E-state index contributed by atoms with van der Waals surface area (Å²) in [6.45, 7) is 3.59. The van der Waals surface area contributed by atoms with Gasteiger partial charge in [0.1, 0.15) is 6.04 Å². The van der Waals surface area contributed by atoms with Gasteiger partial charge in [0.25, 0.3) is 0 Å². The minimum atomic E-state index is -4.10. The van der Waals surface area contributed by atoms with Crippen LogP contribution in [-0.2, 0) is 0 Å². The van der Waals surface area contributed by atoms with E-state index in [0.717, 1.165) is 0 Å². The van der Waals surface area contributed by atoms with Gasteiger partial charge in [0, 0.05) is 0 Å². The molecular formula is C8H16F3N. The van der Waals surface area contributed by atoms with E-state index in [2.05, 4.69) is 0 Å². The summed E-state index contributed by atoms with van der Waals surface area (Å²) in [5.41, 5.74) is 0. The summed E-state index contributed by atoms with van der Waals surface area (Å²) < 4.78 is 36.9. The maximum Gasteiger partial charge on any atom is 0.404 e. The summed E-state index contributed by atoms with van der Waals surface area (Å²) in [4.78, 5) is 1.22. The van der Waals surface area contributed by atoms with Gasteiger partial charge in [-0.1, -0.05) is 13.8 Å². The summed E-state index contributed by atoms with van der Waals surface area (Å²) in [5, 5.41) is 0. The first kappa shape index (κ1) is 11.8. The Kier molecular flexibility index (Phi) is 4.03. The fourth-order valence-electron chi connectivity index (χ4n) is 1.08. The molecule has 74 valence electrons. The van der Waals surface area contributed by atoms with Gasteiger partial charge in [0.2, 0.25) is 0 Å². The third-order valence-electron chi connectivity index (χ3n) is 1.70. The topological polar surface area (TPSA) is 3.24 Å². The highest BCUT2D eigenvalue weighted by atomic mass is 19.4. The molecule has 0 bridgehead atoms. The molecule has 1 atom stereocenters. The molecule has 0 saturated carbocycles. The fourth-order valence-corrected chi connectivity index (χ4v) is 1.08. The molecule has 0 aromatic rings. The molecule has 0 amide bonds. The van der Waals surface area contributed by atoms with E-state index in [1.807, 2.05) is 0 Å². The van der Waals surface area contributed by atoms with Crippen molar-refractivity contribution in [1.29, 1.82) is 0 Å². The van der Waals surface area contributed by atoms with Crippen molar-refractivity contribution in [3.8, 4) is 0 Å². The van der Waals surface area contributed by atoms with Crippen molar-refractivity contribution in [3.05, 3.63) is 0 Å². The summed E-state index contributed by atoms with van der Waals surface area (Å²) in [6, 6.07) is -1.31. The smallest absolute Gasteiger partial charge is 0.298 e. The van der Waals surface area contributed by atoms with Crippen molar-refractivity contribution in [3.63, 3.8) is 0 Å². The van der Waals surface area contributed by atoms with Crippen molar-refractivity contribution in [2.75, 3.05) is 14.1 Å². The van der Waals surface area contributed by atoms with Crippen LogP contribution in [0.2, 0.25) is 0 Å². The van der Waals surface area contributed by atoms with Crippen molar-refractivity contribution >= 4 is 0 Å². The Balaban J connectivity index is 4.25. The molecule has 0 rings (SSSR count). The highest BCUT2D eigenvalue weighted by molar-refractivity contribution is 4.75. The molecular weight excluding hydrogens is 167 g/mol. The fraction of sp³-hybridized carbons (Fsp3) is 1.00. The zero-order valence-electron chi connectivity index (χ0n) is 7.94. The Labute approximate surface area is 71.6 Å². The summed E-state index contributed by atoms with van der Waals surface area (Å²) in [6.07, 6.45) is -3.94. The quantitative estimate of drug-likeness (QED) is 0.649. The lowest BCUT2D eigenvalue weighted by molar-refractivity contribution is -0.180. The van der Waals surface area contributed by atoms with Crippen molar-refractivity contribution in [2.24, 2.45) is 5.92 Å². The van der Waals surface area contributed by atoms with Crippen LogP contribution in [-0.4, -0.2) is 31.2 Å². The van der Waals surface area contributed by atoms with Crippen molar-refractivity contribution in [2.45, 2.75) is 32.5 Å². The van der Waals surface area contributed by atoms with Crippen LogP contribution in [0.4, 0.5) is 13.2 Å². The van der Waals surface area contributed by atoms with E-state index in [0.29, 0.717) is 0 Å². The first-order valence-corrected chi connectivity index (χ1v) is 3.98. The third-order valence-corrected chi connectivity index (χ3v) is 1.70. The summed E-state index contributed by atoms with van der Waals surface area (Å²) in [7, 11) is 2.92. The molecule has 0 radical (unpaired) electrons. The van der Waals surface area contributed by atoms with Crippen molar-refractivity contribution < 1.29 is 13.2 Å². The number of hydrogen-bond acceptors (Lipinski definition) is 1. The SMILES string of the molecule is CC(C)CC(N(C)C)C(F)(F)F. The Morgan fingerprint density at radius 1 is 1.17 bits per heavy atom. The second-order valence-electron chi connectivity index (χ2n) is 3.65. The Hall–Kier alpha value is -0.250. The largest absolute Gasteiger partial charge is 0.404 e. The predicted octanol–water partition coefficient (Wildman–Crippen LogP) is 2.53. The molecule has 0 aliphatic rings. The predicted molar refractivity (Wildman–Crippen MR) is 43.0 cm³/mol. The maximum absolute atomic E-state index is 12.3. The van der Waals surface area contributed by atoms with Gasteiger partial charge in [-0.15, -0.1) is 0 Å². The number of nitrogens with zero attached hydrogens (tertiary/aromatic N) is 1. The lowest BCUT2D eigenvalue weighted by atomic mass is 10.0. The second kappa shape index (κ2) is 4.12. The lowest BCUT2D eigenvalue weighted by Gasteiger charge is -2.27. The van der Waals surface area contributed by atoms with Gasteiger partial charge in [-0.05, 0) is 26.4 Å². The molecule has 0 aliphatic heterocycles. The van der Waals surface area contributed by atoms with Gasteiger partial charge in [-0.25, -0.2) is 0 Å². The molecule has 0 spiro atoms. The van der Waals surface area contributed by atoms with Gasteiger partial charge in [-0.3, -0.25) is 4.90 Å². The maximum atomic E-state index is 12.3. The molecule has 0 heterocycles. The van der Waals surface area contributed by atoms with Crippen LogP contribution in [0.25, 0.3) is 0 Å². The van der Waals surface area contributed by atoms with E-state index < -0.39 is 12.2 Å². The van der Waals surface area contributed by atoms with E-state index >= 15 is 0 Å². The van der Waals surface area contributed by atoms with Crippen molar-refractivity contribution in [1.82, 2.24) is 4.90 Å². The van der Waals surface area contributed by atoms with Crippen LogP contribution in [0, 0.1) is 5.92 Å². The van der Waals surface area contributed by atoms with Gasteiger partial charge in [0.05, 0.1) is 0 Å². The second-order valence-corrected chi connectivity index (χ2v) is 3.65. The highest BCUT2D eigenvalue weighted by Crippen LogP contribution is 2.27. The monoisotopic (exact) mass is 183 g/mol. The molecule has 0 saturated heterocycles. The summed E-state index contributed by atoms with van der Waals surface area (Å²) in [5.74, 6) is 0.0685. The van der Waals surface area contributed by atoms with E-state index in [4.69, 9.17) is 0 Å². The van der Waals surface area contributed by atoms with Crippen LogP contribution >= 0.6 is 0 Å². The molecule has 0 aliphatic carbocycles. The molecule has 0 N–H and O–H groups in total. The van der Waals surface area contributed by atoms with E-state index in [-0.39, 0.29) is 12.3 Å². The Morgan fingerprint density at radius 3 is 1.67 bits per heavy atom. The minimum Gasteiger partial charge on any atom is -0.298 e. The molecule has 4 heteroatoms. The van der Waals surface area contributed by atoms with Crippen LogP contribution in [0.3, 0.4) is 0 Å². The minimum absolute atomic E-state index is 0.0685. The standard InChI is InChI=1S/C8H16F3N/c1-6(2)5-7(12(3)4)8(9,10)11/h6-7H,5H2,1-4H3. The van der Waals surface area contributed by atoms with Gasteiger partial charge in [0.15, 0.2) is 0 Å². The van der Waals surface area contributed by atoms with Crippen LogP contribution < -0.4 is 0 Å². The molecule has 0 fully saturated rings. The van der Waals surface area contributed by atoms with E-state index in [1.54, 1.807) is 13.8 Å². The number of alkyl halides is 3. The zero-order chi connectivity index (χ0) is 9.94. The van der Waals surface area contributed by atoms with Crippen LogP contribution in [0.1, 0.15) is 20.3 Å². The molecule has 0 aromatic carbocycles. The lowest BCUT2D eigenvalue weighted by Crippen LogP contribution is -2.42. The number of hydrogen-bond donors (Lipinski definition) is 0. The first-order valence-electron chi connectivity index (χ1n) is 3.98. The third kappa shape index (κ3) is 3.95. The number of halogens is 3. The average Bonchev–Trinajstić information content (AvgIpc) is 1.79. The molecule has 1 unspecified atom stereocenters. The van der Waals surface area contributed by atoms with E-state index in [1.165, 1.54) is 19.0 Å². The Morgan fingerprint density at radius 2 is 1.58 bits per heavy atom. The molecule has 1 nitrogen and oxygen atoms in total. The van der Waals surface area contributed by atoms with E-state index in [9.17, 15) is 13.2 Å². The van der Waals surface area contributed by atoms with Crippen LogP contribution in [0.5, 0.6) is 0 Å².